The molecule has 46 heavy (non-hydrogen) atoms. The van der Waals surface area contributed by atoms with Crippen LogP contribution in [0, 0.1) is 11.8 Å². The molecule has 4 N–H and O–H groups in total. The Hall–Kier alpha value is -4.61. The standard InChI is InChI=1S/C34H43N5O7/c1-34(2,3)46-33(44)36-17-21-4-6-22(7-5-21)20-45-26-11-9-25(10-12-26)37-32(43)35-18-23-8-13-27-24(16-23)19-39(31(27)42)28-14-15-29(40)38-30(28)41/h8-13,16,21-22,28H,4-7,14-15,17-20H2,1-3H3,(H,36,44)(H2,35,37,43)(H,38,40,41)/t21-,22-,28?. The minimum atomic E-state index is -0.664. The number of piperidine rings is 1. The van der Waals surface area contributed by atoms with Crippen molar-refractivity contribution in [1.82, 2.24) is 20.9 Å². The van der Waals surface area contributed by atoms with Crippen LogP contribution in [0.3, 0.4) is 0 Å². The molecule has 0 spiro atoms. The van der Waals surface area contributed by atoms with Gasteiger partial charge in [-0.3, -0.25) is 19.7 Å². The SMILES string of the molecule is CC(C)(C)OC(=O)NC[C@H]1CC[C@H](COc2ccc(NC(=O)NCc3ccc4c(c3)CN(C3CCC(=O)NC3=O)C4=O)cc2)CC1. The van der Waals surface area contributed by atoms with Gasteiger partial charge in [0.1, 0.15) is 17.4 Å². The number of fused-ring (bicyclic) bond motifs is 1. The Morgan fingerprint density at radius 3 is 2.35 bits per heavy atom. The third-order valence-corrected chi connectivity index (χ3v) is 8.54. The van der Waals surface area contributed by atoms with Gasteiger partial charge >= 0.3 is 12.1 Å². The van der Waals surface area contributed by atoms with Crippen molar-refractivity contribution in [3.8, 4) is 5.75 Å². The van der Waals surface area contributed by atoms with E-state index in [1.54, 1.807) is 24.3 Å². The Morgan fingerprint density at radius 1 is 0.935 bits per heavy atom. The molecule has 2 aliphatic heterocycles. The van der Waals surface area contributed by atoms with E-state index in [-0.39, 0.29) is 43.4 Å². The summed E-state index contributed by atoms with van der Waals surface area (Å²) in [5.74, 6) is 0.645. The van der Waals surface area contributed by atoms with Crippen LogP contribution in [-0.4, -0.2) is 59.5 Å². The predicted octanol–water partition coefficient (Wildman–Crippen LogP) is 4.48. The van der Waals surface area contributed by atoms with Crippen molar-refractivity contribution in [2.45, 2.75) is 84.0 Å². The molecular weight excluding hydrogens is 590 g/mol. The third kappa shape index (κ3) is 8.76. The van der Waals surface area contributed by atoms with Gasteiger partial charge in [0.2, 0.25) is 11.8 Å². The first-order valence-corrected chi connectivity index (χ1v) is 15.9. The highest BCUT2D eigenvalue weighted by atomic mass is 16.6. The van der Waals surface area contributed by atoms with Crippen LogP contribution < -0.4 is 26.0 Å². The molecule has 2 heterocycles. The topological polar surface area (TPSA) is 155 Å². The van der Waals surface area contributed by atoms with E-state index in [2.05, 4.69) is 21.3 Å². The van der Waals surface area contributed by atoms with Crippen LogP contribution in [0.25, 0.3) is 0 Å². The zero-order valence-corrected chi connectivity index (χ0v) is 26.6. The number of ether oxygens (including phenoxy) is 2. The number of urea groups is 1. The average Bonchev–Trinajstić information content (AvgIpc) is 3.33. The zero-order chi connectivity index (χ0) is 32.8. The van der Waals surface area contributed by atoms with E-state index < -0.39 is 17.6 Å². The Bertz CT molecular complexity index is 1460. The van der Waals surface area contributed by atoms with Gasteiger partial charge in [0.05, 0.1) is 6.61 Å². The summed E-state index contributed by atoms with van der Waals surface area (Å²) in [6.45, 7) is 7.35. The molecule has 6 amide bonds. The van der Waals surface area contributed by atoms with E-state index in [4.69, 9.17) is 9.47 Å². The van der Waals surface area contributed by atoms with E-state index >= 15 is 0 Å². The lowest BCUT2D eigenvalue weighted by Crippen LogP contribution is -2.52. The second-order valence-corrected chi connectivity index (χ2v) is 13.3. The maximum absolute atomic E-state index is 12.9. The highest BCUT2D eigenvalue weighted by Crippen LogP contribution is 2.30. The number of alkyl carbamates (subject to hydrolysis) is 1. The monoisotopic (exact) mass is 633 g/mol. The van der Waals surface area contributed by atoms with Crippen molar-refractivity contribution in [3.05, 3.63) is 59.2 Å². The van der Waals surface area contributed by atoms with Crippen molar-refractivity contribution in [3.63, 3.8) is 0 Å². The molecule has 1 saturated carbocycles. The number of nitrogens with zero attached hydrogens (tertiary/aromatic N) is 1. The number of hydrogen-bond donors (Lipinski definition) is 4. The van der Waals surface area contributed by atoms with Gasteiger partial charge in [-0.15, -0.1) is 0 Å². The molecule has 0 bridgehead atoms. The zero-order valence-electron chi connectivity index (χ0n) is 26.6. The van der Waals surface area contributed by atoms with E-state index in [1.807, 2.05) is 39.0 Å². The van der Waals surface area contributed by atoms with Crippen LogP contribution in [0.2, 0.25) is 0 Å². The summed E-state index contributed by atoms with van der Waals surface area (Å²) in [6.07, 6.45) is 4.30. The summed E-state index contributed by atoms with van der Waals surface area (Å²) in [5.41, 5.74) is 2.26. The molecule has 1 unspecified atom stereocenters. The minimum absolute atomic E-state index is 0.205. The molecule has 2 fully saturated rings. The molecule has 2 aromatic carbocycles. The predicted molar refractivity (Wildman–Crippen MR) is 170 cm³/mol. The van der Waals surface area contributed by atoms with Crippen molar-refractivity contribution in [2.75, 3.05) is 18.5 Å². The second-order valence-electron chi connectivity index (χ2n) is 13.3. The van der Waals surface area contributed by atoms with Crippen LogP contribution in [0.5, 0.6) is 5.75 Å². The molecule has 12 heteroatoms. The third-order valence-electron chi connectivity index (χ3n) is 8.54. The Balaban J connectivity index is 1.00. The molecule has 1 aliphatic carbocycles. The van der Waals surface area contributed by atoms with E-state index in [0.717, 1.165) is 42.6 Å². The van der Waals surface area contributed by atoms with E-state index in [0.29, 0.717) is 42.7 Å². The quantitative estimate of drug-likeness (QED) is 0.297. The van der Waals surface area contributed by atoms with E-state index in [1.165, 1.54) is 4.90 Å². The maximum Gasteiger partial charge on any atom is 0.407 e. The lowest BCUT2D eigenvalue weighted by molar-refractivity contribution is -0.136. The average molecular weight is 634 g/mol. The number of imide groups is 1. The second kappa shape index (κ2) is 14.2. The molecule has 12 nitrogen and oxygen atoms in total. The van der Waals surface area contributed by atoms with Gasteiger partial charge in [-0.1, -0.05) is 12.1 Å². The normalized spacial score (nSPS) is 21.2. The molecule has 0 radical (unpaired) electrons. The van der Waals surface area contributed by atoms with Crippen LogP contribution >= 0.6 is 0 Å². The first kappa shape index (κ1) is 32.8. The molecule has 2 aromatic rings. The number of carbonyl (C=O) groups is 5. The summed E-state index contributed by atoms with van der Waals surface area (Å²) in [5, 5.41) is 10.8. The van der Waals surface area contributed by atoms with Gasteiger partial charge in [-0.25, -0.2) is 9.59 Å². The number of nitrogens with one attached hydrogen (secondary N) is 4. The number of benzene rings is 2. The van der Waals surface area contributed by atoms with Crippen molar-refractivity contribution in [2.24, 2.45) is 11.8 Å². The summed E-state index contributed by atoms with van der Waals surface area (Å²) in [4.78, 5) is 62.6. The first-order chi connectivity index (χ1) is 21.9. The maximum atomic E-state index is 12.9. The molecule has 3 aliphatic rings. The molecule has 5 rings (SSSR count). The van der Waals surface area contributed by atoms with Gasteiger partial charge in [-0.05, 0) is 106 Å². The summed E-state index contributed by atoms with van der Waals surface area (Å²) in [6, 6.07) is 11.6. The molecule has 1 saturated heterocycles. The molecule has 246 valence electrons. The molecular formula is C34H43N5O7. The summed E-state index contributed by atoms with van der Waals surface area (Å²) >= 11 is 0. The van der Waals surface area contributed by atoms with Gasteiger partial charge in [0.15, 0.2) is 0 Å². The minimum Gasteiger partial charge on any atom is -0.493 e. The number of rotatable bonds is 9. The van der Waals surface area contributed by atoms with Crippen LogP contribution in [0.1, 0.15) is 80.8 Å². The van der Waals surface area contributed by atoms with Crippen LogP contribution in [-0.2, 0) is 27.4 Å². The molecule has 0 aromatic heterocycles. The number of amides is 6. The lowest BCUT2D eigenvalue weighted by atomic mass is 9.82. The van der Waals surface area contributed by atoms with Gasteiger partial charge in [0.25, 0.3) is 5.91 Å². The fourth-order valence-corrected chi connectivity index (χ4v) is 6.09. The molecule has 1 atom stereocenters. The van der Waals surface area contributed by atoms with Crippen LogP contribution in [0.15, 0.2) is 42.5 Å². The van der Waals surface area contributed by atoms with Gasteiger partial charge in [-0.2, -0.15) is 0 Å². The number of hydrogen-bond acceptors (Lipinski definition) is 7. The van der Waals surface area contributed by atoms with E-state index in [9.17, 15) is 24.0 Å². The Kier molecular flexibility index (Phi) is 10.1. The number of carbonyl (C=O) groups excluding carboxylic acids is 5. The fourth-order valence-electron chi connectivity index (χ4n) is 6.09. The fraction of sp³-hybridized carbons (Fsp3) is 0.500. The largest absolute Gasteiger partial charge is 0.493 e. The summed E-state index contributed by atoms with van der Waals surface area (Å²) in [7, 11) is 0. The first-order valence-electron chi connectivity index (χ1n) is 15.9. The highest BCUT2D eigenvalue weighted by Gasteiger charge is 2.39. The van der Waals surface area contributed by atoms with Crippen molar-refractivity contribution < 1.29 is 33.4 Å². The lowest BCUT2D eigenvalue weighted by Gasteiger charge is -2.29. The van der Waals surface area contributed by atoms with Gasteiger partial charge in [0, 0.05) is 37.3 Å². The van der Waals surface area contributed by atoms with Crippen LogP contribution in [0.4, 0.5) is 15.3 Å². The van der Waals surface area contributed by atoms with Crippen molar-refractivity contribution in [1.29, 1.82) is 0 Å². The Morgan fingerprint density at radius 2 is 1.65 bits per heavy atom. The van der Waals surface area contributed by atoms with Crippen molar-refractivity contribution >= 4 is 35.5 Å². The summed E-state index contributed by atoms with van der Waals surface area (Å²) < 4.78 is 11.3. The number of anilines is 1. The van der Waals surface area contributed by atoms with Gasteiger partial charge < -0.3 is 30.3 Å². The highest BCUT2D eigenvalue weighted by molar-refractivity contribution is 6.05. The smallest absolute Gasteiger partial charge is 0.407 e. The Labute approximate surface area is 268 Å².